The smallest absolute Gasteiger partial charge is 0.152 e. The first-order valence-corrected chi connectivity index (χ1v) is 5.69. The summed E-state index contributed by atoms with van der Waals surface area (Å²) in [6.07, 6.45) is 2.05. The Morgan fingerprint density at radius 1 is 1.50 bits per heavy atom. The molecule has 1 fully saturated rings. The molecule has 1 aliphatic heterocycles. The van der Waals surface area contributed by atoms with Gasteiger partial charge in [-0.2, -0.15) is 0 Å². The molecule has 2 rings (SSSR count). The molecule has 1 aliphatic rings. The largest absolute Gasteiger partial charge is 0.396 e. The molecule has 0 amide bonds. The third kappa shape index (κ3) is 1.97. The molecule has 0 aliphatic carbocycles. The lowest BCUT2D eigenvalue weighted by Crippen LogP contribution is -2.48. The summed E-state index contributed by atoms with van der Waals surface area (Å²) in [6.45, 7) is 7.80. The van der Waals surface area contributed by atoms with Crippen LogP contribution in [0.25, 0.3) is 0 Å². The Morgan fingerprint density at radius 3 is 3.00 bits per heavy atom. The van der Waals surface area contributed by atoms with Gasteiger partial charge in [-0.15, -0.1) is 0 Å². The Labute approximate surface area is 96.4 Å². The van der Waals surface area contributed by atoms with Gasteiger partial charge >= 0.3 is 0 Å². The van der Waals surface area contributed by atoms with Crippen LogP contribution in [0.2, 0.25) is 0 Å². The summed E-state index contributed by atoms with van der Waals surface area (Å²) in [4.78, 5) is 6.63. The molecule has 88 valence electrons. The molecule has 2 heterocycles. The highest BCUT2D eigenvalue weighted by Crippen LogP contribution is 2.27. The fourth-order valence-electron chi connectivity index (χ4n) is 1.98. The van der Waals surface area contributed by atoms with Crippen molar-refractivity contribution in [1.29, 1.82) is 0 Å². The van der Waals surface area contributed by atoms with E-state index in [0.29, 0.717) is 6.04 Å². The molecule has 0 bridgehead atoms. The van der Waals surface area contributed by atoms with Gasteiger partial charge in [0.05, 0.1) is 24.4 Å². The first-order chi connectivity index (χ1) is 7.59. The number of morpholine rings is 1. The van der Waals surface area contributed by atoms with E-state index in [1.54, 1.807) is 0 Å². The Bertz CT molecular complexity index is 381. The van der Waals surface area contributed by atoms with Gasteiger partial charge in [0.25, 0.3) is 0 Å². The van der Waals surface area contributed by atoms with Gasteiger partial charge in [0, 0.05) is 12.7 Å². The van der Waals surface area contributed by atoms with E-state index in [-0.39, 0.29) is 6.10 Å². The first kappa shape index (κ1) is 11.2. The number of rotatable bonds is 1. The van der Waals surface area contributed by atoms with Crippen LogP contribution < -0.4 is 10.6 Å². The number of ether oxygens (including phenoxy) is 1. The highest BCUT2D eigenvalue weighted by molar-refractivity contribution is 5.66. The molecule has 0 radical (unpaired) electrons. The van der Waals surface area contributed by atoms with Crippen LogP contribution in [0.4, 0.5) is 11.5 Å². The second-order valence-electron chi connectivity index (χ2n) is 4.51. The maximum absolute atomic E-state index is 6.08. The topological polar surface area (TPSA) is 51.4 Å². The van der Waals surface area contributed by atoms with E-state index in [9.17, 15) is 0 Å². The molecular formula is C12H19N3O. The normalized spacial score (nSPS) is 25.8. The van der Waals surface area contributed by atoms with Crippen LogP contribution in [-0.2, 0) is 4.74 Å². The summed E-state index contributed by atoms with van der Waals surface area (Å²) in [6, 6.07) is 2.26. The van der Waals surface area contributed by atoms with Crippen LogP contribution in [0.3, 0.4) is 0 Å². The zero-order valence-electron chi connectivity index (χ0n) is 10.1. The molecule has 0 saturated carbocycles. The molecule has 4 nitrogen and oxygen atoms in total. The van der Waals surface area contributed by atoms with Crippen LogP contribution >= 0.6 is 0 Å². The average Bonchev–Trinajstić information content (AvgIpc) is 2.26. The lowest BCUT2D eigenvalue weighted by atomic mass is 10.1. The second-order valence-corrected chi connectivity index (χ2v) is 4.51. The number of aryl methyl sites for hydroxylation is 1. The average molecular weight is 221 g/mol. The summed E-state index contributed by atoms with van der Waals surface area (Å²) < 4.78 is 5.60. The van der Waals surface area contributed by atoms with Gasteiger partial charge in [-0.3, -0.25) is 0 Å². The number of aromatic nitrogens is 1. The number of nitrogen functional groups attached to an aromatic ring is 1. The first-order valence-electron chi connectivity index (χ1n) is 5.69. The van der Waals surface area contributed by atoms with Crippen molar-refractivity contribution < 1.29 is 4.74 Å². The lowest BCUT2D eigenvalue weighted by molar-refractivity contribution is 0.0341. The number of hydrogen-bond acceptors (Lipinski definition) is 4. The molecule has 16 heavy (non-hydrogen) atoms. The number of nitrogens with zero attached hydrogens (tertiary/aromatic N) is 2. The van der Waals surface area contributed by atoms with Crippen LogP contribution in [-0.4, -0.2) is 30.3 Å². The van der Waals surface area contributed by atoms with Gasteiger partial charge < -0.3 is 15.4 Å². The quantitative estimate of drug-likeness (QED) is 0.782. The monoisotopic (exact) mass is 221 g/mol. The van der Waals surface area contributed by atoms with Crippen molar-refractivity contribution in [2.75, 3.05) is 23.8 Å². The summed E-state index contributed by atoms with van der Waals surface area (Å²) >= 11 is 0. The van der Waals surface area contributed by atoms with Crippen molar-refractivity contribution >= 4 is 11.5 Å². The van der Waals surface area contributed by atoms with Crippen LogP contribution in [0.15, 0.2) is 12.3 Å². The zero-order valence-corrected chi connectivity index (χ0v) is 10.1. The highest BCUT2D eigenvalue weighted by Gasteiger charge is 2.26. The minimum Gasteiger partial charge on any atom is -0.396 e. The predicted octanol–water partition coefficient (Wildman–Crippen LogP) is 1.59. The van der Waals surface area contributed by atoms with Gasteiger partial charge in [0.2, 0.25) is 0 Å². The fraction of sp³-hybridized carbons (Fsp3) is 0.583. The van der Waals surface area contributed by atoms with Crippen LogP contribution in [0, 0.1) is 6.92 Å². The van der Waals surface area contributed by atoms with Gasteiger partial charge in [-0.1, -0.05) is 0 Å². The molecule has 4 heteroatoms. The van der Waals surface area contributed by atoms with Crippen molar-refractivity contribution in [3.05, 3.63) is 17.8 Å². The van der Waals surface area contributed by atoms with Gasteiger partial charge in [0.1, 0.15) is 0 Å². The fourth-order valence-corrected chi connectivity index (χ4v) is 1.98. The Balaban J connectivity index is 2.31. The van der Waals surface area contributed by atoms with Crippen molar-refractivity contribution in [3.63, 3.8) is 0 Å². The summed E-state index contributed by atoms with van der Waals surface area (Å²) in [5, 5.41) is 0. The molecule has 2 unspecified atom stereocenters. The minimum absolute atomic E-state index is 0.234. The maximum atomic E-state index is 6.08. The van der Waals surface area contributed by atoms with Crippen LogP contribution in [0.1, 0.15) is 19.4 Å². The molecule has 1 saturated heterocycles. The van der Waals surface area contributed by atoms with Gasteiger partial charge in [0.15, 0.2) is 5.82 Å². The Hall–Kier alpha value is -1.29. The van der Waals surface area contributed by atoms with Gasteiger partial charge in [-0.25, -0.2) is 4.98 Å². The summed E-state index contributed by atoms with van der Waals surface area (Å²) in [5.41, 5.74) is 7.94. The van der Waals surface area contributed by atoms with Crippen molar-refractivity contribution in [2.45, 2.75) is 32.9 Å². The van der Waals surface area contributed by atoms with E-state index in [4.69, 9.17) is 10.5 Å². The van der Waals surface area contributed by atoms with Crippen LogP contribution in [0.5, 0.6) is 0 Å². The van der Waals surface area contributed by atoms with E-state index in [2.05, 4.69) is 23.7 Å². The molecule has 1 aromatic rings. The standard InChI is InChI=1S/C12H19N3O/c1-8-4-5-14-12(11(8)13)15-6-10(3)16-7-9(15)2/h4-5,9-10H,6-7,13H2,1-3H3. The molecule has 0 aromatic carbocycles. The number of pyridine rings is 1. The molecule has 2 atom stereocenters. The number of nitrogens with two attached hydrogens (primary N) is 1. The van der Waals surface area contributed by atoms with Gasteiger partial charge in [-0.05, 0) is 32.4 Å². The predicted molar refractivity (Wildman–Crippen MR) is 65.6 cm³/mol. The third-order valence-corrected chi connectivity index (χ3v) is 3.07. The van der Waals surface area contributed by atoms with E-state index in [1.807, 2.05) is 19.2 Å². The lowest BCUT2D eigenvalue weighted by Gasteiger charge is -2.38. The maximum Gasteiger partial charge on any atom is 0.152 e. The van der Waals surface area contributed by atoms with Crippen molar-refractivity contribution in [1.82, 2.24) is 4.98 Å². The number of hydrogen-bond donors (Lipinski definition) is 1. The molecule has 2 N–H and O–H groups in total. The zero-order chi connectivity index (χ0) is 11.7. The van der Waals surface area contributed by atoms with E-state index < -0.39 is 0 Å². The SMILES string of the molecule is Cc1ccnc(N2CC(C)OCC2C)c1N. The van der Waals surface area contributed by atoms with E-state index in [1.165, 1.54) is 0 Å². The number of anilines is 2. The molecule has 0 spiro atoms. The Kier molecular flexibility index (Phi) is 3.01. The minimum atomic E-state index is 0.234. The highest BCUT2D eigenvalue weighted by atomic mass is 16.5. The molecular weight excluding hydrogens is 202 g/mol. The van der Waals surface area contributed by atoms with Crippen molar-refractivity contribution in [3.8, 4) is 0 Å². The third-order valence-electron chi connectivity index (χ3n) is 3.07. The summed E-state index contributed by atoms with van der Waals surface area (Å²) in [5.74, 6) is 0.891. The molecule has 1 aromatic heterocycles. The van der Waals surface area contributed by atoms with Crippen molar-refractivity contribution in [2.24, 2.45) is 0 Å². The Morgan fingerprint density at radius 2 is 2.25 bits per heavy atom. The summed E-state index contributed by atoms with van der Waals surface area (Å²) in [7, 11) is 0. The van der Waals surface area contributed by atoms with E-state index >= 15 is 0 Å². The van der Waals surface area contributed by atoms with E-state index in [0.717, 1.165) is 30.2 Å². The second kappa shape index (κ2) is 4.29.